The van der Waals surface area contributed by atoms with E-state index >= 15 is 0 Å². The molecule has 0 spiro atoms. The molecule has 19 heavy (non-hydrogen) atoms. The third-order valence-electron chi connectivity index (χ3n) is 3.82. The Morgan fingerprint density at radius 3 is 2.95 bits per heavy atom. The van der Waals surface area contributed by atoms with Gasteiger partial charge in [-0.3, -0.25) is 4.79 Å². The lowest BCUT2D eigenvalue weighted by molar-refractivity contribution is -0.149. The number of tetrazole rings is 1. The molecule has 1 N–H and O–H groups in total. The predicted octanol–water partition coefficient (Wildman–Crippen LogP) is 1.42. The van der Waals surface area contributed by atoms with Gasteiger partial charge in [0.25, 0.3) is 0 Å². The summed E-state index contributed by atoms with van der Waals surface area (Å²) in [5.41, 5.74) is -0.862. The molecule has 1 fully saturated rings. The average Bonchev–Trinajstić information content (AvgIpc) is 2.87. The predicted molar refractivity (Wildman–Crippen MR) is 66.4 cm³/mol. The van der Waals surface area contributed by atoms with Crippen LogP contribution in [-0.2, 0) is 16.1 Å². The first-order valence-electron chi connectivity index (χ1n) is 6.68. The van der Waals surface area contributed by atoms with Crippen molar-refractivity contribution in [3.8, 4) is 0 Å². The molecular weight excluding hydrogens is 248 g/mol. The van der Waals surface area contributed by atoms with Crippen LogP contribution in [0.5, 0.6) is 0 Å². The fraction of sp³-hybridized carbons (Fsp3) is 0.833. The second-order valence-corrected chi connectivity index (χ2v) is 5.27. The molecule has 0 bridgehead atoms. The molecule has 1 aromatic heterocycles. The second-order valence-electron chi connectivity index (χ2n) is 5.27. The van der Waals surface area contributed by atoms with Crippen molar-refractivity contribution in [3.63, 3.8) is 0 Å². The summed E-state index contributed by atoms with van der Waals surface area (Å²) in [6.07, 6.45) is 3.43. The van der Waals surface area contributed by atoms with Gasteiger partial charge in [-0.1, -0.05) is 6.92 Å². The van der Waals surface area contributed by atoms with Gasteiger partial charge in [-0.05, 0) is 43.0 Å². The average molecular weight is 268 g/mol. The summed E-state index contributed by atoms with van der Waals surface area (Å²) in [4.78, 5) is 11.4. The van der Waals surface area contributed by atoms with Gasteiger partial charge >= 0.3 is 5.97 Å². The fourth-order valence-electron chi connectivity index (χ4n) is 2.16. The summed E-state index contributed by atoms with van der Waals surface area (Å²) >= 11 is 0. The van der Waals surface area contributed by atoms with E-state index in [0.717, 1.165) is 19.3 Å². The Bertz CT molecular complexity index is 442. The number of carboxylic acid groups (broad SMARTS) is 1. The summed E-state index contributed by atoms with van der Waals surface area (Å²) in [6.45, 7) is 4.54. The van der Waals surface area contributed by atoms with E-state index in [2.05, 4.69) is 15.5 Å². The second kappa shape index (κ2) is 5.64. The minimum absolute atomic E-state index is 0.112. The van der Waals surface area contributed by atoms with Crippen molar-refractivity contribution in [1.29, 1.82) is 0 Å². The largest absolute Gasteiger partial charge is 0.481 e. The molecule has 7 nitrogen and oxygen atoms in total. The summed E-state index contributed by atoms with van der Waals surface area (Å²) in [5.74, 6) is -0.193. The number of carbonyl (C=O) groups is 1. The normalized spacial score (nSPS) is 22.9. The maximum Gasteiger partial charge on any atom is 0.311 e. The van der Waals surface area contributed by atoms with Crippen LogP contribution in [0, 0.1) is 5.41 Å². The van der Waals surface area contributed by atoms with E-state index < -0.39 is 11.4 Å². The lowest BCUT2D eigenvalue weighted by atomic mass is 9.87. The Labute approximate surface area is 111 Å². The number of rotatable bonds is 5. The van der Waals surface area contributed by atoms with E-state index in [0.29, 0.717) is 18.9 Å². The summed E-state index contributed by atoms with van der Waals surface area (Å²) in [6, 6.07) is 0. The molecule has 0 radical (unpaired) electrons. The number of ether oxygens (including phenoxy) is 1. The Morgan fingerprint density at radius 2 is 2.37 bits per heavy atom. The fourth-order valence-corrected chi connectivity index (χ4v) is 2.16. The van der Waals surface area contributed by atoms with Crippen LogP contribution in [0.25, 0.3) is 0 Å². The molecule has 0 saturated carbocycles. The first-order chi connectivity index (χ1) is 9.07. The SMILES string of the molecule is CCC(C)(Cn1nnnc1C1CCCCO1)C(=O)O. The molecule has 0 aromatic carbocycles. The van der Waals surface area contributed by atoms with Crippen molar-refractivity contribution in [2.75, 3.05) is 6.61 Å². The van der Waals surface area contributed by atoms with E-state index in [-0.39, 0.29) is 12.6 Å². The van der Waals surface area contributed by atoms with Crippen molar-refractivity contribution >= 4 is 5.97 Å². The molecule has 1 saturated heterocycles. The molecule has 7 heteroatoms. The number of nitrogens with zero attached hydrogens (tertiary/aromatic N) is 4. The molecule has 2 atom stereocenters. The zero-order chi connectivity index (χ0) is 13.9. The van der Waals surface area contributed by atoms with Crippen LogP contribution >= 0.6 is 0 Å². The van der Waals surface area contributed by atoms with E-state index in [4.69, 9.17) is 4.74 Å². The van der Waals surface area contributed by atoms with Gasteiger partial charge in [0.1, 0.15) is 6.10 Å². The molecule has 0 aliphatic carbocycles. The van der Waals surface area contributed by atoms with Crippen molar-refractivity contribution in [2.45, 2.75) is 52.2 Å². The molecule has 106 valence electrons. The third-order valence-corrected chi connectivity index (χ3v) is 3.82. The summed E-state index contributed by atoms with van der Waals surface area (Å²) in [5, 5.41) is 20.9. The van der Waals surface area contributed by atoms with Crippen molar-refractivity contribution in [1.82, 2.24) is 20.2 Å². The third kappa shape index (κ3) is 2.91. The van der Waals surface area contributed by atoms with Crippen molar-refractivity contribution < 1.29 is 14.6 Å². The molecular formula is C12H20N4O3. The van der Waals surface area contributed by atoms with Gasteiger partial charge < -0.3 is 9.84 Å². The van der Waals surface area contributed by atoms with Crippen LogP contribution in [0.4, 0.5) is 0 Å². The summed E-state index contributed by atoms with van der Waals surface area (Å²) in [7, 11) is 0. The summed E-state index contributed by atoms with van der Waals surface area (Å²) < 4.78 is 7.24. The Morgan fingerprint density at radius 1 is 1.58 bits per heavy atom. The zero-order valence-electron chi connectivity index (χ0n) is 11.4. The minimum Gasteiger partial charge on any atom is -0.481 e. The minimum atomic E-state index is -0.862. The smallest absolute Gasteiger partial charge is 0.311 e. The topological polar surface area (TPSA) is 90.1 Å². The zero-order valence-corrected chi connectivity index (χ0v) is 11.4. The van der Waals surface area contributed by atoms with Gasteiger partial charge in [0, 0.05) is 6.61 Å². The first-order valence-corrected chi connectivity index (χ1v) is 6.68. The molecule has 2 unspecified atom stereocenters. The maximum atomic E-state index is 11.4. The maximum absolute atomic E-state index is 11.4. The first kappa shape index (κ1) is 13.9. The van der Waals surface area contributed by atoms with Crippen molar-refractivity contribution in [2.24, 2.45) is 5.41 Å². The van der Waals surface area contributed by atoms with Crippen LogP contribution in [0.3, 0.4) is 0 Å². The van der Waals surface area contributed by atoms with Crippen molar-refractivity contribution in [3.05, 3.63) is 5.82 Å². The van der Waals surface area contributed by atoms with Crippen LogP contribution < -0.4 is 0 Å². The molecule has 2 heterocycles. The Hall–Kier alpha value is -1.50. The van der Waals surface area contributed by atoms with E-state index in [1.807, 2.05) is 6.92 Å². The number of carboxylic acids is 1. The lowest BCUT2D eigenvalue weighted by Crippen LogP contribution is -2.33. The van der Waals surface area contributed by atoms with Gasteiger partial charge in [0.2, 0.25) is 0 Å². The Kier molecular flexibility index (Phi) is 4.14. The van der Waals surface area contributed by atoms with Gasteiger partial charge in [0.05, 0.1) is 12.0 Å². The highest BCUT2D eigenvalue weighted by molar-refractivity contribution is 5.73. The van der Waals surface area contributed by atoms with Gasteiger partial charge in [-0.2, -0.15) is 0 Å². The molecule has 1 aliphatic heterocycles. The van der Waals surface area contributed by atoms with Gasteiger partial charge in [-0.15, -0.1) is 5.10 Å². The quantitative estimate of drug-likeness (QED) is 0.868. The Balaban J connectivity index is 2.17. The van der Waals surface area contributed by atoms with Crippen LogP contribution in [0.15, 0.2) is 0 Å². The number of hydrogen-bond acceptors (Lipinski definition) is 5. The number of hydrogen-bond donors (Lipinski definition) is 1. The highest BCUT2D eigenvalue weighted by Crippen LogP contribution is 2.29. The molecule has 2 rings (SSSR count). The van der Waals surface area contributed by atoms with Crippen LogP contribution in [-0.4, -0.2) is 37.9 Å². The number of aromatic nitrogens is 4. The molecule has 1 aromatic rings. The monoisotopic (exact) mass is 268 g/mol. The standard InChI is InChI=1S/C12H20N4O3/c1-3-12(2,11(17)18)8-16-10(13-14-15-16)9-6-4-5-7-19-9/h9H,3-8H2,1-2H3,(H,17,18). The molecule has 0 amide bonds. The van der Waals surface area contributed by atoms with Crippen LogP contribution in [0.2, 0.25) is 0 Å². The highest BCUT2D eigenvalue weighted by atomic mass is 16.5. The van der Waals surface area contributed by atoms with E-state index in [1.165, 1.54) is 0 Å². The highest BCUT2D eigenvalue weighted by Gasteiger charge is 2.34. The number of aliphatic carboxylic acids is 1. The lowest BCUT2D eigenvalue weighted by Gasteiger charge is -2.25. The van der Waals surface area contributed by atoms with Gasteiger partial charge in [-0.25, -0.2) is 4.68 Å². The van der Waals surface area contributed by atoms with Gasteiger partial charge in [0.15, 0.2) is 5.82 Å². The van der Waals surface area contributed by atoms with E-state index in [9.17, 15) is 9.90 Å². The molecule has 1 aliphatic rings. The van der Waals surface area contributed by atoms with Crippen LogP contribution in [0.1, 0.15) is 51.5 Å². The van der Waals surface area contributed by atoms with E-state index in [1.54, 1.807) is 11.6 Å².